The molecule has 1 aromatic rings. The fourth-order valence-corrected chi connectivity index (χ4v) is 2.58. The Kier molecular flexibility index (Phi) is 4.39. The summed E-state index contributed by atoms with van der Waals surface area (Å²) in [5.74, 6) is -0.349. The lowest BCUT2D eigenvalue weighted by atomic mass is 10.0. The van der Waals surface area contributed by atoms with Crippen molar-refractivity contribution in [1.82, 2.24) is 5.32 Å². The third-order valence-electron chi connectivity index (χ3n) is 3.49. The molecule has 1 fully saturated rings. The first-order chi connectivity index (χ1) is 9.19. The van der Waals surface area contributed by atoms with Crippen molar-refractivity contribution in [2.24, 2.45) is 0 Å². The van der Waals surface area contributed by atoms with Crippen molar-refractivity contribution in [3.8, 4) is 0 Å². The van der Waals surface area contributed by atoms with Gasteiger partial charge >= 0.3 is 5.97 Å². The monoisotopic (exact) mass is 264 g/mol. The Morgan fingerprint density at radius 2 is 2.21 bits per heavy atom. The average molecular weight is 264 g/mol. The maximum atomic E-state index is 11.9. The number of ether oxygens (including phenoxy) is 1. The molecule has 2 atom stereocenters. The zero-order valence-corrected chi connectivity index (χ0v) is 11.3. The van der Waals surface area contributed by atoms with Crippen molar-refractivity contribution >= 4 is 11.7 Å². The Balaban J connectivity index is 2.41. The van der Waals surface area contributed by atoms with Gasteiger partial charge in [0.2, 0.25) is 0 Å². The second-order valence-corrected chi connectivity index (χ2v) is 4.76. The van der Waals surface area contributed by atoms with E-state index in [9.17, 15) is 9.90 Å². The van der Waals surface area contributed by atoms with Gasteiger partial charge in [0.1, 0.15) is 0 Å². The maximum Gasteiger partial charge on any atom is 0.339 e. The van der Waals surface area contributed by atoms with Crippen LogP contribution in [-0.4, -0.2) is 50.0 Å². The first-order valence-corrected chi connectivity index (χ1v) is 6.46. The van der Waals surface area contributed by atoms with Gasteiger partial charge in [0.25, 0.3) is 0 Å². The number of carbonyl (C=O) groups excluding carboxylic acids is 1. The van der Waals surface area contributed by atoms with E-state index >= 15 is 0 Å². The van der Waals surface area contributed by atoms with Crippen LogP contribution in [-0.2, 0) is 4.74 Å². The van der Waals surface area contributed by atoms with Gasteiger partial charge in [-0.2, -0.15) is 0 Å². The van der Waals surface area contributed by atoms with Gasteiger partial charge in [-0.15, -0.1) is 0 Å². The maximum absolute atomic E-state index is 11.9. The number of piperazine rings is 1. The van der Waals surface area contributed by atoms with E-state index in [1.807, 2.05) is 18.2 Å². The van der Waals surface area contributed by atoms with Crippen LogP contribution in [0.2, 0.25) is 0 Å². The van der Waals surface area contributed by atoms with Crippen LogP contribution >= 0.6 is 0 Å². The van der Waals surface area contributed by atoms with Crippen LogP contribution in [0.5, 0.6) is 0 Å². The largest absolute Gasteiger partial charge is 0.465 e. The molecular formula is C14H20N2O3. The molecular weight excluding hydrogens is 244 g/mol. The summed E-state index contributed by atoms with van der Waals surface area (Å²) < 4.78 is 4.83. The third-order valence-corrected chi connectivity index (χ3v) is 3.49. The summed E-state index contributed by atoms with van der Waals surface area (Å²) >= 11 is 0. The van der Waals surface area contributed by atoms with Gasteiger partial charge < -0.3 is 20.1 Å². The fourth-order valence-electron chi connectivity index (χ4n) is 2.58. The van der Waals surface area contributed by atoms with Gasteiger partial charge in [-0.05, 0) is 19.1 Å². The highest BCUT2D eigenvalue weighted by Gasteiger charge is 2.30. The van der Waals surface area contributed by atoms with E-state index in [1.54, 1.807) is 6.07 Å². The molecule has 0 bridgehead atoms. The van der Waals surface area contributed by atoms with E-state index in [4.69, 9.17) is 4.74 Å². The zero-order chi connectivity index (χ0) is 13.8. The van der Waals surface area contributed by atoms with Crippen LogP contribution in [0.25, 0.3) is 0 Å². The Hall–Kier alpha value is -1.59. The summed E-state index contributed by atoms with van der Waals surface area (Å²) in [5.41, 5.74) is 1.36. The lowest BCUT2D eigenvalue weighted by molar-refractivity contribution is 0.0601. The van der Waals surface area contributed by atoms with Gasteiger partial charge in [0, 0.05) is 19.1 Å². The van der Waals surface area contributed by atoms with Gasteiger partial charge in [-0.1, -0.05) is 12.1 Å². The number of benzene rings is 1. The number of nitrogens with one attached hydrogen (secondary N) is 1. The lowest BCUT2D eigenvalue weighted by Gasteiger charge is -2.42. The van der Waals surface area contributed by atoms with Crippen molar-refractivity contribution < 1.29 is 14.6 Å². The normalized spacial score (nSPS) is 23.2. The van der Waals surface area contributed by atoms with E-state index in [1.165, 1.54) is 7.11 Å². The van der Waals surface area contributed by atoms with Crippen LogP contribution in [0, 0.1) is 0 Å². The predicted molar refractivity (Wildman–Crippen MR) is 73.5 cm³/mol. The molecule has 2 unspecified atom stereocenters. The Morgan fingerprint density at radius 1 is 1.47 bits per heavy atom. The minimum Gasteiger partial charge on any atom is -0.465 e. The van der Waals surface area contributed by atoms with E-state index in [0.717, 1.165) is 12.2 Å². The zero-order valence-electron chi connectivity index (χ0n) is 11.3. The molecule has 5 nitrogen and oxygen atoms in total. The molecule has 104 valence electrons. The number of rotatable bonds is 3. The first kappa shape index (κ1) is 13.8. The highest BCUT2D eigenvalue weighted by atomic mass is 16.5. The molecule has 0 aliphatic carbocycles. The van der Waals surface area contributed by atoms with Crippen molar-refractivity contribution in [3.63, 3.8) is 0 Å². The summed E-state index contributed by atoms with van der Waals surface area (Å²) in [5, 5.41) is 12.8. The molecule has 1 heterocycles. The predicted octanol–water partition coefficient (Wildman–Crippen LogP) is 0.632. The molecule has 0 spiro atoms. The fraction of sp³-hybridized carbons (Fsp3) is 0.500. The number of hydrogen-bond acceptors (Lipinski definition) is 5. The van der Waals surface area contributed by atoms with Crippen molar-refractivity contribution in [2.45, 2.75) is 19.0 Å². The minimum atomic E-state index is -0.349. The quantitative estimate of drug-likeness (QED) is 0.784. The number of aliphatic hydroxyl groups is 1. The Morgan fingerprint density at radius 3 is 2.89 bits per heavy atom. The van der Waals surface area contributed by atoms with Gasteiger partial charge in [-0.3, -0.25) is 0 Å². The molecule has 1 aromatic carbocycles. The number of nitrogens with zero attached hydrogens (tertiary/aromatic N) is 1. The van der Waals surface area contributed by atoms with Crippen LogP contribution in [0.3, 0.4) is 0 Å². The standard InChI is InChI=1S/C14H20N2O3/c1-10-7-15-8-11(9-17)16(10)13-6-4-3-5-12(13)14(18)19-2/h3-6,10-11,15,17H,7-9H2,1-2H3. The van der Waals surface area contributed by atoms with Gasteiger partial charge in [0.15, 0.2) is 0 Å². The van der Waals surface area contributed by atoms with Crippen molar-refractivity contribution in [1.29, 1.82) is 0 Å². The number of para-hydroxylation sites is 1. The second-order valence-electron chi connectivity index (χ2n) is 4.76. The van der Waals surface area contributed by atoms with E-state index < -0.39 is 0 Å². The second kappa shape index (κ2) is 6.04. The van der Waals surface area contributed by atoms with Gasteiger partial charge in [0.05, 0.1) is 31.0 Å². The SMILES string of the molecule is COC(=O)c1ccccc1N1C(C)CNCC1CO. The van der Waals surface area contributed by atoms with E-state index in [-0.39, 0.29) is 24.7 Å². The molecule has 0 aromatic heterocycles. The Bertz CT molecular complexity index is 450. The minimum absolute atomic E-state index is 0.0328. The molecule has 19 heavy (non-hydrogen) atoms. The number of methoxy groups -OCH3 is 1. The number of aliphatic hydroxyl groups excluding tert-OH is 1. The molecule has 1 aliphatic rings. The molecule has 0 radical (unpaired) electrons. The van der Waals surface area contributed by atoms with Crippen molar-refractivity contribution in [2.75, 3.05) is 31.7 Å². The summed E-state index contributed by atoms with van der Waals surface area (Å²) in [4.78, 5) is 14.0. The summed E-state index contributed by atoms with van der Waals surface area (Å²) in [6.07, 6.45) is 0. The van der Waals surface area contributed by atoms with Crippen LogP contribution < -0.4 is 10.2 Å². The highest BCUT2D eigenvalue weighted by molar-refractivity contribution is 5.96. The number of esters is 1. The third kappa shape index (κ3) is 2.72. The van der Waals surface area contributed by atoms with Crippen LogP contribution in [0.4, 0.5) is 5.69 Å². The first-order valence-electron chi connectivity index (χ1n) is 6.46. The number of carbonyl (C=O) groups is 1. The van der Waals surface area contributed by atoms with Crippen molar-refractivity contribution in [3.05, 3.63) is 29.8 Å². The van der Waals surface area contributed by atoms with E-state index in [0.29, 0.717) is 12.1 Å². The lowest BCUT2D eigenvalue weighted by Crippen LogP contribution is -2.58. The highest BCUT2D eigenvalue weighted by Crippen LogP contribution is 2.26. The molecule has 1 saturated heterocycles. The topological polar surface area (TPSA) is 61.8 Å². The van der Waals surface area contributed by atoms with Gasteiger partial charge in [-0.25, -0.2) is 4.79 Å². The molecule has 0 amide bonds. The Labute approximate surface area is 113 Å². The molecule has 5 heteroatoms. The smallest absolute Gasteiger partial charge is 0.339 e. The number of anilines is 1. The summed E-state index contributed by atoms with van der Waals surface area (Å²) in [6.45, 7) is 3.65. The molecule has 0 saturated carbocycles. The summed E-state index contributed by atoms with van der Waals surface area (Å²) in [6, 6.07) is 7.54. The number of hydrogen-bond donors (Lipinski definition) is 2. The van der Waals surface area contributed by atoms with Crippen LogP contribution in [0.15, 0.2) is 24.3 Å². The molecule has 1 aliphatic heterocycles. The van der Waals surface area contributed by atoms with Crippen LogP contribution in [0.1, 0.15) is 17.3 Å². The summed E-state index contributed by atoms with van der Waals surface area (Å²) in [7, 11) is 1.38. The molecule has 2 rings (SSSR count). The molecule has 2 N–H and O–H groups in total. The van der Waals surface area contributed by atoms with E-state index in [2.05, 4.69) is 17.1 Å². The average Bonchev–Trinajstić information content (AvgIpc) is 2.46.